The summed E-state index contributed by atoms with van der Waals surface area (Å²) in [5, 5.41) is 9.27. The molecule has 0 aromatic heterocycles. The van der Waals surface area contributed by atoms with E-state index in [9.17, 15) is 5.11 Å². The van der Waals surface area contributed by atoms with Gasteiger partial charge in [0, 0.05) is 25.7 Å². The lowest BCUT2D eigenvalue weighted by Gasteiger charge is -2.40. The molecule has 2 nitrogen and oxygen atoms in total. The van der Waals surface area contributed by atoms with E-state index in [1.807, 2.05) is 0 Å². The number of aliphatic hydroxyl groups is 1. The molecule has 0 aromatic carbocycles. The molecule has 94 valence electrons. The van der Waals surface area contributed by atoms with E-state index in [1.165, 1.54) is 51.5 Å². The van der Waals surface area contributed by atoms with Gasteiger partial charge in [0.05, 0.1) is 0 Å². The maximum absolute atomic E-state index is 9.27. The molecule has 16 heavy (non-hydrogen) atoms. The van der Waals surface area contributed by atoms with Gasteiger partial charge in [0.1, 0.15) is 0 Å². The zero-order valence-corrected chi connectivity index (χ0v) is 10.7. The standard InChI is InChI=1S/C14H27NO/c1-12-7-8-14(11-16)10-15(12)9-13-5-3-2-4-6-13/h12-14,16H,2-11H2,1H3. The number of piperidine rings is 1. The van der Waals surface area contributed by atoms with E-state index in [0.717, 1.165) is 18.5 Å². The van der Waals surface area contributed by atoms with Crippen molar-refractivity contribution in [2.24, 2.45) is 11.8 Å². The van der Waals surface area contributed by atoms with Gasteiger partial charge in [-0.3, -0.25) is 0 Å². The van der Waals surface area contributed by atoms with Crippen molar-refractivity contribution >= 4 is 0 Å². The third-order valence-corrected chi connectivity index (χ3v) is 4.58. The van der Waals surface area contributed by atoms with E-state index in [-0.39, 0.29) is 0 Å². The Balaban J connectivity index is 1.81. The van der Waals surface area contributed by atoms with E-state index in [4.69, 9.17) is 0 Å². The van der Waals surface area contributed by atoms with Crippen LogP contribution in [0.5, 0.6) is 0 Å². The molecule has 2 fully saturated rings. The largest absolute Gasteiger partial charge is 0.396 e. The maximum Gasteiger partial charge on any atom is 0.0471 e. The molecule has 1 heterocycles. The van der Waals surface area contributed by atoms with Crippen LogP contribution < -0.4 is 0 Å². The van der Waals surface area contributed by atoms with E-state index >= 15 is 0 Å². The topological polar surface area (TPSA) is 23.5 Å². The van der Waals surface area contributed by atoms with Crippen LogP contribution in [-0.2, 0) is 0 Å². The smallest absolute Gasteiger partial charge is 0.0471 e. The van der Waals surface area contributed by atoms with Gasteiger partial charge in [0.15, 0.2) is 0 Å². The fourth-order valence-corrected chi connectivity index (χ4v) is 3.37. The molecule has 0 amide bonds. The van der Waals surface area contributed by atoms with E-state index in [0.29, 0.717) is 12.5 Å². The minimum atomic E-state index is 0.383. The normalized spacial score (nSPS) is 34.1. The highest BCUT2D eigenvalue weighted by Crippen LogP contribution is 2.28. The molecule has 1 saturated carbocycles. The second-order valence-electron chi connectivity index (χ2n) is 5.93. The molecule has 2 rings (SSSR count). The molecule has 0 aromatic rings. The number of hydrogen-bond acceptors (Lipinski definition) is 2. The summed E-state index contributed by atoms with van der Waals surface area (Å²) in [5.41, 5.74) is 0. The third-order valence-electron chi connectivity index (χ3n) is 4.58. The molecule has 0 radical (unpaired) electrons. The first-order valence-corrected chi connectivity index (χ1v) is 7.14. The van der Waals surface area contributed by atoms with Crippen LogP contribution in [0.3, 0.4) is 0 Å². The summed E-state index contributed by atoms with van der Waals surface area (Å²) in [6.07, 6.45) is 9.70. The monoisotopic (exact) mass is 225 g/mol. The molecular formula is C14H27NO. The van der Waals surface area contributed by atoms with E-state index in [1.54, 1.807) is 0 Å². The minimum absolute atomic E-state index is 0.383. The van der Waals surface area contributed by atoms with Crippen LogP contribution in [0.4, 0.5) is 0 Å². The lowest BCUT2D eigenvalue weighted by molar-refractivity contribution is 0.0642. The average Bonchev–Trinajstić information content (AvgIpc) is 2.33. The van der Waals surface area contributed by atoms with Gasteiger partial charge in [0.2, 0.25) is 0 Å². The summed E-state index contributed by atoms with van der Waals surface area (Å²) < 4.78 is 0. The van der Waals surface area contributed by atoms with E-state index < -0.39 is 0 Å². The van der Waals surface area contributed by atoms with Crippen LogP contribution in [0, 0.1) is 11.8 Å². The van der Waals surface area contributed by atoms with Crippen molar-refractivity contribution in [3.05, 3.63) is 0 Å². The van der Waals surface area contributed by atoms with Crippen LogP contribution in [0.25, 0.3) is 0 Å². The van der Waals surface area contributed by atoms with E-state index in [2.05, 4.69) is 11.8 Å². The van der Waals surface area contributed by atoms with Gasteiger partial charge in [-0.1, -0.05) is 19.3 Å². The number of nitrogens with zero attached hydrogens (tertiary/aromatic N) is 1. The first-order chi connectivity index (χ1) is 7.79. The Morgan fingerprint density at radius 2 is 1.75 bits per heavy atom. The Morgan fingerprint density at radius 1 is 1.00 bits per heavy atom. The second-order valence-corrected chi connectivity index (χ2v) is 5.93. The van der Waals surface area contributed by atoms with Crippen LogP contribution in [-0.4, -0.2) is 35.7 Å². The molecule has 1 aliphatic carbocycles. The summed E-state index contributed by atoms with van der Waals surface area (Å²) in [6, 6.07) is 0.740. The zero-order chi connectivity index (χ0) is 11.4. The molecule has 0 spiro atoms. The van der Waals surface area contributed by atoms with Crippen molar-refractivity contribution in [2.45, 2.75) is 57.9 Å². The average molecular weight is 225 g/mol. The fourth-order valence-electron chi connectivity index (χ4n) is 3.37. The number of hydrogen-bond donors (Lipinski definition) is 1. The van der Waals surface area contributed by atoms with Gasteiger partial charge in [-0.15, -0.1) is 0 Å². The first-order valence-electron chi connectivity index (χ1n) is 7.14. The molecule has 2 heteroatoms. The molecule has 2 atom stereocenters. The molecule has 2 aliphatic rings. The number of likely N-dealkylation sites (tertiary alicyclic amines) is 1. The van der Waals surface area contributed by atoms with Crippen molar-refractivity contribution in [3.63, 3.8) is 0 Å². The van der Waals surface area contributed by atoms with Crippen LogP contribution >= 0.6 is 0 Å². The third kappa shape index (κ3) is 3.21. The Labute approximate surface area is 100 Å². The van der Waals surface area contributed by atoms with Crippen molar-refractivity contribution in [2.75, 3.05) is 19.7 Å². The van der Waals surface area contributed by atoms with Gasteiger partial charge in [-0.25, -0.2) is 0 Å². The Hall–Kier alpha value is -0.0800. The second kappa shape index (κ2) is 6.02. The SMILES string of the molecule is CC1CCC(CO)CN1CC1CCCCC1. The van der Waals surface area contributed by atoms with Crippen molar-refractivity contribution in [3.8, 4) is 0 Å². The Morgan fingerprint density at radius 3 is 2.44 bits per heavy atom. The summed E-state index contributed by atoms with van der Waals surface area (Å²) in [5.74, 6) is 1.48. The van der Waals surface area contributed by atoms with Crippen LogP contribution in [0.2, 0.25) is 0 Å². The predicted octanol–water partition coefficient (Wildman–Crippen LogP) is 2.66. The van der Waals surface area contributed by atoms with Gasteiger partial charge < -0.3 is 10.0 Å². The molecule has 1 aliphatic heterocycles. The van der Waals surface area contributed by atoms with Gasteiger partial charge in [-0.05, 0) is 44.4 Å². The predicted molar refractivity (Wildman–Crippen MR) is 67.4 cm³/mol. The van der Waals surface area contributed by atoms with Crippen molar-refractivity contribution < 1.29 is 5.11 Å². The van der Waals surface area contributed by atoms with Crippen molar-refractivity contribution in [1.29, 1.82) is 0 Å². The molecular weight excluding hydrogens is 198 g/mol. The Bertz CT molecular complexity index is 201. The molecule has 1 saturated heterocycles. The van der Waals surface area contributed by atoms with Gasteiger partial charge >= 0.3 is 0 Å². The molecule has 0 bridgehead atoms. The van der Waals surface area contributed by atoms with Crippen LogP contribution in [0.1, 0.15) is 51.9 Å². The summed E-state index contributed by atoms with van der Waals surface area (Å²) in [4.78, 5) is 2.64. The minimum Gasteiger partial charge on any atom is -0.396 e. The Kier molecular flexibility index (Phi) is 4.66. The summed E-state index contributed by atoms with van der Waals surface area (Å²) >= 11 is 0. The molecule has 1 N–H and O–H groups in total. The molecule has 2 unspecified atom stereocenters. The number of aliphatic hydroxyl groups excluding tert-OH is 1. The van der Waals surface area contributed by atoms with Gasteiger partial charge in [0.25, 0.3) is 0 Å². The lowest BCUT2D eigenvalue weighted by atomic mass is 9.87. The highest BCUT2D eigenvalue weighted by atomic mass is 16.3. The van der Waals surface area contributed by atoms with Crippen molar-refractivity contribution in [1.82, 2.24) is 4.90 Å². The quantitative estimate of drug-likeness (QED) is 0.798. The summed E-state index contributed by atoms with van der Waals surface area (Å²) in [6.45, 7) is 5.16. The summed E-state index contributed by atoms with van der Waals surface area (Å²) in [7, 11) is 0. The fraction of sp³-hybridized carbons (Fsp3) is 1.00. The number of rotatable bonds is 3. The van der Waals surface area contributed by atoms with Gasteiger partial charge in [-0.2, -0.15) is 0 Å². The highest BCUT2D eigenvalue weighted by molar-refractivity contribution is 4.81. The van der Waals surface area contributed by atoms with Crippen LogP contribution in [0.15, 0.2) is 0 Å². The first kappa shape index (κ1) is 12.4. The highest BCUT2D eigenvalue weighted by Gasteiger charge is 2.27. The maximum atomic E-state index is 9.27. The zero-order valence-electron chi connectivity index (χ0n) is 10.7. The lowest BCUT2D eigenvalue weighted by Crippen LogP contribution is -2.45.